The molecular formula is C21H30IN3O4. The summed E-state index contributed by atoms with van der Waals surface area (Å²) in [4.78, 5) is 4.57. The average molecular weight is 515 g/mol. The maximum absolute atomic E-state index is 9.88. The van der Waals surface area contributed by atoms with Crippen molar-refractivity contribution >= 4 is 29.9 Å². The molecule has 0 amide bonds. The predicted octanol–water partition coefficient (Wildman–Crippen LogP) is 3.33. The number of phenolic OH excluding ortho intramolecular Hbond substituents is 1. The molecule has 0 spiro atoms. The van der Waals surface area contributed by atoms with Gasteiger partial charge in [-0.3, -0.25) is 0 Å². The van der Waals surface area contributed by atoms with E-state index in [1.54, 1.807) is 26.4 Å². The minimum atomic E-state index is 0. The standard InChI is InChI=1S/C21H29N3O4.HI/c1-5-22-21(24-14-16-7-8-18(26-2)17(25)12-16)23-11-10-15-6-9-19(27-3)20(13-15)28-4;/h6-9,12-13,25H,5,10-11,14H2,1-4H3,(H2,22,23,24);1H. The third-order valence-electron chi connectivity index (χ3n) is 4.16. The highest BCUT2D eigenvalue weighted by Gasteiger charge is 2.06. The number of guanidine groups is 1. The van der Waals surface area contributed by atoms with Crippen LogP contribution in [-0.2, 0) is 13.0 Å². The van der Waals surface area contributed by atoms with Crippen LogP contribution in [0.4, 0.5) is 0 Å². The summed E-state index contributed by atoms with van der Waals surface area (Å²) < 4.78 is 15.7. The summed E-state index contributed by atoms with van der Waals surface area (Å²) in [6, 6.07) is 11.2. The molecule has 29 heavy (non-hydrogen) atoms. The fourth-order valence-electron chi connectivity index (χ4n) is 2.71. The van der Waals surface area contributed by atoms with E-state index in [4.69, 9.17) is 14.2 Å². The van der Waals surface area contributed by atoms with Crippen LogP contribution in [0, 0.1) is 0 Å². The molecule has 2 aromatic carbocycles. The molecule has 0 atom stereocenters. The van der Waals surface area contributed by atoms with Crippen molar-refractivity contribution in [1.82, 2.24) is 10.6 Å². The van der Waals surface area contributed by atoms with Gasteiger partial charge in [0.1, 0.15) is 0 Å². The first kappa shape index (κ1) is 24.7. The number of hydrogen-bond acceptors (Lipinski definition) is 5. The lowest BCUT2D eigenvalue weighted by atomic mass is 10.1. The Morgan fingerprint density at radius 3 is 2.17 bits per heavy atom. The second-order valence-electron chi connectivity index (χ2n) is 6.07. The number of aliphatic imine (C=N–C) groups is 1. The highest BCUT2D eigenvalue weighted by atomic mass is 127. The van der Waals surface area contributed by atoms with Gasteiger partial charge in [0.2, 0.25) is 0 Å². The molecule has 0 aliphatic carbocycles. The Balaban J connectivity index is 0.00000420. The third kappa shape index (κ3) is 7.52. The maximum Gasteiger partial charge on any atom is 0.191 e. The summed E-state index contributed by atoms with van der Waals surface area (Å²) in [5, 5.41) is 16.4. The van der Waals surface area contributed by atoms with Crippen LogP contribution >= 0.6 is 24.0 Å². The quantitative estimate of drug-likeness (QED) is 0.270. The van der Waals surface area contributed by atoms with E-state index in [-0.39, 0.29) is 29.7 Å². The van der Waals surface area contributed by atoms with Crippen LogP contribution < -0.4 is 24.8 Å². The molecular weight excluding hydrogens is 485 g/mol. The minimum absolute atomic E-state index is 0. The minimum Gasteiger partial charge on any atom is -0.504 e. The Labute approximate surface area is 189 Å². The molecule has 0 aliphatic heterocycles. The summed E-state index contributed by atoms with van der Waals surface area (Å²) in [6.45, 7) is 3.94. The summed E-state index contributed by atoms with van der Waals surface area (Å²) in [5.74, 6) is 2.73. The topological polar surface area (TPSA) is 84.3 Å². The maximum atomic E-state index is 9.88. The molecule has 2 rings (SSSR count). The summed E-state index contributed by atoms with van der Waals surface area (Å²) in [5.41, 5.74) is 2.04. The average Bonchev–Trinajstić information content (AvgIpc) is 2.71. The fourth-order valence-corrected chi connectivity index (χ4v) is 2.71. The van der Waals surface area contributed by atoms with Gasteiger partial charge in [-0.25, -0.2) is 4.99 Å². The van der Waals surface area contributed by atoms with Gasteiger partial charge in [0.15, 0.2) is 29.0 Å². The first-order valence-electron chi connectivity index (χ1n) is 9.20. The summed E-state index contributed by atoms with van der Waals surface area (Å²) >= 11 is 0. The molecule has 0 saturated carbocycles. The van der Waals surface area contributed by atoms with Gasteiger partial charge in [-0.05, 0) is 48.7 Å². The van der Waals surface area contributed by atoms with Gasteiger partial charge in [0.05, 0.1) is 27.9 Å². The molecule has 0 aromatic heterocycles. The van der Waals surface area contributed by atoms with Gasteiger partial charge in [0.25, 0.3) is 0 Å². The van der Waals surface area contributed by atoms with E-state index in [1.165, 1.54) is 7.11 Å². The first-order valence-corrected chi connectivity index (χ1v) is 9.20. The van der Waals surface area contributed by atoms with E-state index in [0.717, 1.165) is 48.1 Å². The lowest BCUT2D eigenvalue weighted by Crippen LogP contribution is -2.38. The van der Waals surface area contributed by atoms with Gasteiger partial charge < -0.3 is 30.0 Å². The Hall–Kier alpha value is -2.36. The number of methoxy groups -OCH3 is 3. The van der Waals surface area contributed by atoms with E-state index in [9.17, 15) is 5.11 Å². The number of nitrogens with zero attached hydrogens (tertiary/aromatic N) is 1. The van der Waals surface area contributed by atoms with E-state index >= 15 is 0 Å². The predicted molar refractivity (Wildman–Crippen MR) is 126 cm³/mol. The second kappa shape index (κ2) is 13.0. The number of rotatable bonds is 9. The molecule has 7 nitrogen and oxygen atoms in total. The van der Waals surface area contributed by atoms with Crippen molar-refractivity contribution in [2.75, 3.05) is 34.4 Å². The third-order valence-corrected chi connectivity index (χ3v) is 4.16. The zero-order valence-electron chi connectivity index (χ0n) is 17.3. The van der Waals surface area contributed by atoms with Crippen LogP contribution in [0.2, 0.25) is 0 Å². The zero-order valence-corrected chi connectivity index (χ0v) is 19.7. The van der Waals surface area contributed by atoms with Crippen molar-refractivity contribution in [3.8, 4) is 23.0 Å². The fraction of sp³-hybridized carbons (Fsp3) is 0.381. The number of ether oxygens (including phenoxy) is 3. The van der Waals surface area contributed by atoms with Gasteiger partial charge >= 0.3 is 0 Å². The molecule has 0 heterocycles. The Morgan fingerprint density at radius 2 is 1.55 bits per heavy atom. The number of aromatic hydroxyl groups is 1. The number of halogens is 1. The molecule has 0 unspecified atom stereocenters. The first-order chi connectivity index (χ1) is 13.6. The van der Waals surface area contributed by atoms with Gasteiger partial charge in [-0.2, -0.15) is 0 Å². The molecule has 0 bridgehead atoms. The molecule has 0 radical (unpaired) electrons. The number of nitrogens with one attached hydrogen (secondary N) is 2. The van der Waals surface area contributed by atoms with Gasteiger partial charge in [-0.1, -0.05) is 12.1 Å². The van der Waals surface area contributed by atoms with Gasteiger partial charge in [-0.15, -0.1) is 24.0 Å². The number of benzene rings is 2. The van der Waals surface area contributed by atoms with Crippen LogP contribution in [0.1, 0.15) is 18.1 Å². The van der Waals surface area contributed by atoms with Crippen LogP contribution in [-0.4, -0.2) is 45.5 Å². The van der Waals surface area contributed by atoms with Crippen LogP contribution in [0.15, 0.2) is 41.4 Å². The Morgan fingerprint density at radius 1 is 0.897 bits per heavy atom. The van der Waals surface area contributed by atoms with Crippen molar-refractivity contribution in [2.45, 2.75) is 19.9 Å². The van der Waals surface area contributed by atoms with E-state index in [0.29, 0.717) is 12.3 Å². The highest BCUT2D eigenvalue weighted by molar-refractivity contribution is 14.0. The summed E-state index contributed by atoms with van der Waals surface area (Å²) in [7, 11) is 4.78. The SMILES string of the molecule is CCNC(=NCc1ccc(OC)c(O)c1)NCCc1ccc(OC)c(OC)c1.I. The lowest BCUT2D eigenvalue weighted by molar-refractivity contribution is 0.354. The molecule has 160 valence electrons. The molecule has 0 fully saturated rings. The van der Waals surface area contributed by atoms with Crippen molar-refractivity contribution < 1.29 is 19.3 Å². The zero-order chi connectivity index (χ0) is 20.4. The Bertz CT molecular complexity index is 799. The molecule has 0 aliphatic rings. The van der Waals surface area contributed by atoms with Crippen LogP contribution in [0.3, 0.4) is 0 Å². The van der Waals surface area contributed by atoms with Gasteiger partial charge in [0, 0.05) is 13.1 Å². The van der Waals surface area contributed by atoms with E-state index in [1.807, 2.05) is 31.2 Å². The van der Waals surface area contributed by atoms with E-state index < -0.39 is 0 Å². The number of phenols is 1. The van der Waals surface area contributed by atoms with Crippen molar-refractivity contribution in [2.24, 2.45) is 4.99 Å². The number of hydrogen-bond donors (Lipinski definition) is 3. The van der Waals surface area contributed by atoms with E-state index in [2.05, 4.69) is 15.6 Å². The van der Waals surface area contributed by atoms with Crippen LogP contribution in [0.25, 0.3) is 0 Å². The highest BCUT2D eigenvalue weighted by Crippen LogP contribution is 2.28. The second-order valence-corrected chi connectivity index (χ2v) is 6.07. The molecule has 8 heteroatoms. The smallest absolute Gasteiger partial charge is 0.191 e. The van der Waals surface area contributed by atoms with Crippen molar-refractivity contribution in [1.29, 1.82) is 0 Å². The van der Waals surface area contributed by atoms with Crippen molar-refractivity contribution in [3.05, 3.63) is 47.5 Å². The Kier molecular flexibility index (Phi) is 11.0. The molecule has 2 aromatic rings. The van der Waals surface area contributed by atoms with Crippen molar-refractivity contribution in [3.63, 3.8) is 0 Å². The monoisotopic (exact) mass is 515 g/mol. The summed E-state index contributed by atoms with van der Waals surface area (Å²) in [6.07, 6.45) is 0.814. The molecule has 3 N–H and O–H groups in total. The van der Waals surface area contributed by atoms with Crippen LogP contribution in [0.5, 0.6) is 23.0 Å². The molecule has 0 saturated heterocycles. The largest absolute Gasteiger partial charge is 0.504 e. The lowest BCUT2D eigenvalue weighted by Gasteiger charge is -2.13. The normalized spacial score (nSPS) is 10.7.